The predicted octanol–water partition coefficient (Wildman–Crippen LogP) is 2.88. The van der Waals surface area contributed by atoms with Gasteiger partial charge in [0.15, 0.2) is 0 Å². The van der Waals surface area contributed by atoms with Crippen molar-refractivity contribution >= 4 is 21.7 Å². The van der Waals surface area contributed by atoms with Gasteiger partial charge in [-0.25, -0.2) is 4.98 Å². The molecule has 1 aromatic rings. The second kappa shape index (κ2) is 4.30. The Morgan fingerprint density at radius 2 is 2.27 bits per heavy atom. The van der Waals surface area contributed by atoms with E-state index in [1.807, 2.05) is 0 Å². The second-order valence-corrected chi connectivity index (χ2v) is 3.78. The van der Waals surface area contributed by atoms with Gasteiger partial charge in [0.25, 0.3) is 5.78 Å². The van der Waals surface area contributed by atoms with E-state index in [1.54, 1.807) is 42.5 Å². The zero-order valence-electron chi connectivity index (χ0n) is 7.77. The average Bonchev–Trinajstić information content (AvgIpc) is 2.29. The molecule has 2 nitrogen and oxygen atoms in total. The summed E-state index contributed by atoms with van der Waals surface area (Å²) in [4.78, 5) is 16.0. The van der Waals surface area contributed by atoms with Gasteiger partial charge in [0, 0.05) is 12.2 Å². The molecule has 0 amide bonds. The second-order valence-electron chi connectivity index (χ2n) is 2.97. The van der Waals surface area contributed by atoms with Crippen LogP contribution in [-0.4, -0.2) is 10.8 Å². The van der Waals surface area contributed by atoms with E-state index >= 15 is 0 Å². The maximum atomic E-state index is 11.9. The lowest BCUT2D eigenvalue weighted by atomic mass is 10.0. The molecule has 0 aliphatic heterocycles. The molecule has 15 heavy (non-hydrogen) atoms. The highest BCUT2D eigenvalue weighted by atomic mass is 79.9. The third kappa shape index (κ3) is 2.27. The molecule has 1 aromatic heterocycles. The summed E-state index contributed by atoms with van der Waals surface area (Å²) in [5, 5.41) is 0. The number of pyridine rings is 1. The van der Waals surface area contributed by atoms with Crippen LogP contribution < -0.4 is 0 Å². The van der Waals surface area contributed by atoms with Crippen LogP contribution in [0.5, 0.6) is 0 Å². The highest BCUT2D eigenvalue weighted by Gasteiger charge is 2.17. The topological polar surface area (TPSA) is 30.0 Å². The van der Waals surface area contributed by atoms with E-state index in [0.717, 1.165) is 0 Å². The van der Waals surface area contributed by atoms with Crippen molar-refractivity contribution in [1.82, 2.24) is 4.98 Å². The summed E-state index contributed by atoms with van der Waals surface area (Å²) in [6.45, 7) is 0. The fourth-order valence-electron chi connectivity index (χ4n) is 1.22. The van der Waals surface area contributed by atoms with Crippen LogP contribution in [0.25, 0.3) is 0 Å². The van der Waals surface area contributed by atoms with Gasteiger partial charge in [-0.05, 0) is 28.1 Å². The van der Waals surface area contributed by atoms with E-state index in [-0.39, 0.29) is 5.78 Å². The fourth-order valence-corrected chi connectivity index (χ4v) is 1.56. The summed E-state index contributed by atoms with van der Waals surface area (Å²) in [7, 11) is 0. The van der Waals surface area contributed by atoms with Crippen LogP contribution in [0.3, 0.4) is 0 Å². The Kier molecular flexibility index (Phi) is 2.86. The molecule has 0 bridgehead atoms. The van der Waals surface area contributed by atoms with Crippen LogP contribution in [0.2, 0.25) is 0 Å². The molecule has 0 fully saturated rings. The first-order chi connectivity index (χ1) is 7.27. The van der Waals surface area contributed by atoms with E-state index in [0.29, 0.717) is 15.9 Å². The maximum Gasteiger partial charge on any atom is 0.266 e. The van der Waals surface area contributed by atoms with Crippen molar-refractivity contribution in [2.45, 2.75) is 0 Å². The van der Waals surface area contributed by atoms with Crippen molar-refractivity contribution in [2.24, 2.45) is 0 Å². The van der Waals surface area contributed by atoms with Crippen LogP contribution in [0.15, 0.2) is 52.7 Å². The minimum atomic E-state index is -0.0897. The number of rotatable bonds is 2. The first kappa shape index (κ1) is 9.97. The Morgan fingerprint density at radius 3 is 2.93 bits per heavy atom. The summed E-state index contributed by atoms with van der Waals surface area (Å²) in [5.74, 6) is -0.0897. The van der Waals surface area contributed by atoms with E-state index in [9.17, 15) is 4.79 Å². The minimum Gasteiger partial charge on any atom is -0.271 e. The summed E-state index contributed by atoms with van der Waals surface area (Å²) in [5.41, 5.74) is 1.03. The van der Waals surface area contributed by atoms with Gasteiger partial charge in [0.2, 0.25) is 0 Å². The molecular weight excluding hydrogens is 254 g/mol. The van der Waals surface area contributed by atoms with Gasteiger partial charge < -0.3 is 0 Å². The summed E-state index contributed by atoms with van der Waals surface area (Å²) >= 11 is 3.23. The zero-order valence-corrected chi connectivity index (χ0v) is 9.36. The third-order valence-electron chi connectivity index (χ3n) is 1.92. The van der Waals surface area contributed by atoms with Crippen molar-refractivity contribution in [3.63, 3.8) is 0 Å². The third-order valence-corrected chi connectivity index (χ3v) is 2.36. The van der Waals surface area contributed by atoms with Gasteiger partial charge in [-0.1, -0.05) is 6.07 Å². The quantitative estimate of drug-likeness (QED) is 0.465. The molecule has 0 saturated carbocycles. The number of halogens is 1. The molecule has 0 aromatic carbocycles. The summed E-state index contributed by atoms with van der Waals surface area (Å²) in [6.07, 6.45) is 9.81. The number of nitrogens with zero attached hydrogens (tertiary/aromatic N) is 1. The van der Waals surface area contributed by atoms with Crippen molar-refractivity contribution in [1.29, 1.82) is 0 Å². The number of carbonyl (C=O) groups excluding carboxylic acids is 1. The molecular formula is C12H7BrNO+. The normalized spacial score (nSPS) is 13.3. The number of hydrogen-bond donors (Lipinski definition) is 0. The molecule has 0 radical (unpaired) electrons. The van der Waals surface area contributed by atoms with Crippen molar-refractivity contribution in [3.8, 4) is 0 Å². The van der Waals surface area contributed by atoms with Gasteiger partial charge in [0.05, 0.1) is 6.08 Å². The first-order valence-corrected chi connectivity index (χ1v) is 5.20. The number of ketones is 1. The molecule has 0 saturated heterocycles. The lowest BCUT2D eigenvalue weighted by Crippen LogP contribution is -2.04. The lowest BCUT2D eigenvalue weighted by molar-refractivity contribution is 0.103. The average molecular weight is 261 g/mol. The zero-order chi connectivity index (χ0) is 10.7. The molecule has 0 spiro atoms. The highest BCUT2D eigenvalue weighted by molar-refractivity contribution is 9.10. The van der Waals surface area contributed by atoms with Crippen LogP contribution in [0.1, 0.15) is 10.5 Å². The van der Waals surface area contributed by atoms with E-state index in [2.05, 4.69) is 27.0 Å². The van der Waals surface area contributed by atoms with Gasteiger partial charge in [-0.3, -0.25) is 4.79 Å². The number of carbonyl (C=O) groups is 1. The van der Waals surface area contributed by atoms with Crippen LogP contribution in [0, 0.1) is 6.08 Å². The molecule has 1 aliphatic rings. The first-order valence-electron chi connectivity index (χ1n) is 4.41. The van der Waals surface area contributed by atoms with Crippen LogP contribution >= 0.6 is 15.9 Å². The molecule has 2 rings (SSSR count). The summed E-state index contributed by atoms with van der Waals surface area (Å²) < 4.78 is 0.660. The predicted molar refractivity (Wildman–Crippen MR) is 61.3 cm³/mol. The van der Waals surface area contributed by atoms with Gasteiger partial charge in [-0.2, -0.15) is 0 Å². The van der Waals surface area contributed by atoms with Gasteiger partial charge in [-0.15, -0.1) is 0 Å². The standard InChI is InChI=1S/C12H7BrNO/c13-11-8-4-7-10(14-11)12(15)9-5-2-1-3-6-9/h1-2,4-8H/q+1. The smallest absolute Gasteiger partial charge is 0.266 e. The van der Waals surface area contributed by atoms with E-state index in [1.165, 1.54) is 0 Å². The number of Topliss-reactive ketones (excluding diaryl/α,β-unsaturated/α-hetero) is 1. The molecule has 0 unspecified atom stereocenters. The molecule has 3 heteroatoms. The van der Waals surface area contributed by atoms with Crippen molar-refractivity contribution < 1.29 is 4.79 Å². The largest absolute Gasteiger partial charge is 0.271 e. The number of hydrogen-bond acceptors (Lipinski definition) is 2. The molecule has 1 aliphatic carbocycles. The SMILES string of the molecule is O=C(C1=CC=C[C+]=C1)c1cccc(Br)n1. The molecule has 1 heterocycles. The molecule has 0 N–H and O–H groups in total. The van der Waals surface area contributed by atoms with Crippen molar-refractivity contribution in [2.75, 3.05) is 0 Å². The number of aromatic nitrogens is 1. The Hall–Kier alpha value is -1.57. The Bertz CT molecular complexity index is 486. The molecule has 0 atom stereocenters. The number of allylic oxidation sites excluding steroid dienone is 6. The monoisotopic (exact) mass is 260 g/mol. The maximum absolute atomic E-state index is 11.9. The minimum absolute atomic E-state index is 0.0897. The Morgan fingerprint density at radius 1 is 1.40 bits per heavy atom. The van der Waals surface area contributed by atoms with E-state index < -0.39 is 0 Å². The van der Waals surface area contributed by atoms with Gasteiger partial charge >= 0.3 is 0 Å². The lowest BCUT2D eigenvalue weighted by Gasteiger charge is -1.97. The Labute approximate surface area is 96.2 Å². The van der Waals surface area contributed by atoms with Crippen LogP contribution in [-0.2, 0) is 0 Å². The molecule has 72 valence electrons. The van der Waals surface area contributed by atoms with Crippen molar-refractivity contribution in [3.05, 3.63) is 64.4 Å². The Balaban J connectivity index is 2.33. The van der Waals surface area contributed by atoms with Crippen LogP contribution in [0.4, 0.5) is 0 Å². The fraction of sp³-hybridized carbons (Fsp3) is 0. The van der Waals surface area contributed by atoms with Gasteiger partial charge in [0.1, 0.15) is 28.0 Å². The van der Waals surface area contributed by atoms with E-state index in [4.69, 9.17) is 0 Å². The highest BCUT2D eigenvalue weighted by Crippen LogP contribution is 2.13. The summed E-state index contributed by atoms with van der Waals surface area (Å²) in [6, 6.07) is 5.27.